The number of halogens is 3. The molecule has 2 aromatic carbocycles. The second-order valence-corrected chi connectivity index (χ2v) is 6.54. The van der Waals surface area contributed by atoms with Gasteiger partial charge in [-0.3, -0.25) is 4.79 Å². The van der Waals surface area contributed by atoms with E-state index in [2.05, 4.69) is 0 Å². The first kappa shape index (κ1) is 17.1. The molecule has 0 heterocycles. The van der Waals surface area contributed by atoms with Gasteiger partial charge < -0.3 is 4.90 Å². The zero-order chi connectivity index (χ0) is 16.3. The van der Waals surface area contributed by atoms with Crippen molar-refractivity contribution < 1.29 is 4.79 Å². The molecular weight excluding hydrogens is 341 g/mol. The van der Waals surface area contributed by atoms with Crippen LogP contribution in [0.1, 0.15) is 21.3 Å². The highest BCUT2D eigenvalue weighted by Crippen LogP contribution is 2.31. The quantitative estimate of drug-likeness (QED) is 0.543. The fourth-order valence-corrected chi connectivity index (χ4v) is 2.69. The van der Waals surface area contributed by atoms with Gasteiger partial charge in [0.1, 0.15) is 5.38 Å². The van der Waals surface area contributed by atoms with Gasteiger partial charge in [-0.2, -0.15) is 0 Å². The maximum Gasteiger partial charge on any atom is 0.182 e. The molecule has 2 nitrogen and oxygen atoms in total. The molecule has 0 amide bonds. The number of carbonyl (C=O) groups is 1. The average Bonchev–Trinajstić information content (AvgIpc) is 2.53. The molecule has 22 heavy (non-hydrogen) atoms. The number of rotatable bonds is 5. The zero-order valence-corrected chi connectivity index (χ0v) is 14.5. The fourth-order valence-electron chi connectivity index (χ4n) is 2.03. The third kappa shape index (κ3) is 3.95. The number of hydrogen-bond donors (Lipinski definition) is 0. The zero-order valence-electron chi connectivity index (χ0n) is 12.3. The van der Waals surface area contributed by atoms with Crippen molar-refractivity contribution in [2.75, 3.05) is 19.0 Å². The first-order chi connectivity index (χ1) is 10.4. The topological polar surface area (TPSA) is 20.3 Å². The van der Waals surface area contributed by atoms with Gasteiger partial charge in [0.05, 0.1) is 5.38 Å². The Kier molecular flexibility index (Phi) is 5.74. The minimum Gasteiger partial charge on any atom is -0.378 e. The van der Waals surface area contributed by atoms with Crippen molar-refractivity contribution in [2.45, 2.75) is 10.8 Å². The number of anilines is 1. The molecule has 0 fully saturated rings. The predicted molar refractivity (Wildman–Crippen MR) is 94.8 cm³/mol. The molecule has 116 valence electrons. The maximum atomic E-state index is 12.4. The van der Waals surface area contributed by atoms with E-state index >= 15 is 0 Å². The van der Waals surface area contributed by atoms with Crippen molar-refractivity contribution >= 4 is 46.3 Å². The summed E-state index contributed by atoms with van der Waals surface area (Å²) in [4.78, 5) is 14.4. The molecule has 0 radical (unpaired) electrons. The van der Waals surface area contributed by atoms with Gasteiger partial charge in [0, 0.05) is 30.4 Å². The average molecular weight is 357 g/mol. The normalized spacial score (nSPS) is 13.5. The van der Waals surface area contributed by atoms with Gasteiger partial charge >= 0.3 is 0 Å². The molecule has 2 rings (SSSR count). The minimum absolute atomic E-state index is 0.213. The van der Waals surface area contributed by atoms with E-state index in [9.17, 15) is 4.79 Å². The van der Waals surface area contributed by atoms with Crippen molar-refractivity contribution in [1.82, 2.24) is 0 Å². The summed E-state index contributed by atoms with van der Waals surface area (Å²) in [5, 5.41) is -0.863. The van der Waals surface area contributed by atoms with E-state index in [1.165, 1.54) is 0 Å². The smallest absolute Gasteiger partial charge is 0.182 e. The molecule has 0 bridgehead atoms. The lowest BCUT2D eigenvalue weighted by Crippen LogP contribution is -2.20. The number of carbonyl (C=O) groups excluding carboxylic acids is 1. The van der Waals surface area contributed by atoms with Crippen LogP contribution in [0.4, 0.5) is 5.69 Å². The molecule has 0 unspecified atom stereocenters. The van der Waals surface area contributed by atoms with Crippen LogP contribution in [0.2, 0.25) is 5.02 Å². The van der Waals surface area contributed by atoms with Crippen molar-refractivity contribution in [3.05, 3.63) is 64.7 Å². The van der Waals surface area contributed by atoms with E-state index in [0.29, 0.717) is 10.6 Å². The largest absolute Gasteiger partial charge is 0.378 e. The predicted octanol–water partition coefficient (Wildman–Crippen LogP) is 5.18. The first-order valence-corrected chi connectivity index (χ1v) is 8.00. The standard InChI is InChI=1S/C17H16Cl3NO/c1-21(2)14-9-5-11(6-10-14)15(19)16(20)17(22)12-3-7-13(18)8-4-12/h3-10,15-16H,1-2H3/t15-,16+/m1/s1. The Labute approximate surface area is 145 Å². The Balaban J connectivity index is 2.15. The van der Waals surface area contributed by atoms with Crippen LogP contribution in [0, 0.1) is 0 Å². The molecule has 0 aromatic heterocycles. The lowest BCUT2D eigenvalue weighted by molar-refractivity contribution is 0.0985. The van der Waals surface area contributed by atoms with E-state index in [1.807, 2.05) is 43.3 Å². The monoisotopic (exact) mass is 355 g/mol. The Hall–Kier alpha value is -1.22. The van der Waals surface area contributed by atoms with Crippen LogP contribution in [0.3, 0.4) is 0 Å². The van der Waals surface area contributed by atoms with Crippen LogP contribution in [-0.2, 0) is 0 Å². The summed E-state index contributed by atoms with van der Waals surface area (Å²) in [7, 11) is 3.92. The molecule has 0 N–H and O–H groups in total. The van der Waals surface area contributed by atoms with E-state index in [4.69, 9.17) is 34.8 Å². The third-order valence-corrected chi connectivity index (χ3v) is 4.70. The van der Waals surface area contributed by atoms with Crippen molar-refractivity contribution in [2.24, 2.45) is 0 Å². The SMILES string of the molecule is CN(C)c1ccc([C@@H](Cl)[C@H](Cl)C(=O)c2ccc(Cl)cc2)cc1. The molecular formula is C17H16Cl3NO. The lowest BCUT2D eigenvalue weighted by atomic mass is 10.0. The van der Waals surface area contributed by atoms with Crippen LogP contribution in [0.15, 0.2) is 48.5 Å². The fraction of sp³-hybridized carbons (Fsp3) is 0.235. The second-order valence-electron chi connectivity index (χ2n) is 5.16. The highest BCUT2D eigenvalue weighted by Gasteiger charge is 2.26. The summed E-state index contributed by atoms with van der Waals surface area (Å²) in [5.74, 6) is -0.213. The number of benzene rings is 2. The summed E-state index contributed by atoms with van der Waals surface area (Å²) in [6.07, 6.45) is 0. The summed E-state index contributed by atoms with van der Waals surface area (Å²) in [5.41, 5.74) is 2.37. The van der Waals surface area contributed by atoms with Crippen LogP contribution in [0.5, 0.6) is 0 Å². The minimum atomic E-state index is -0.840. The molecule has 0 aliphatic carbocycles. The van der Waals surface area contributed by atoms with Crippen LogP contribution in [0.25, 0.3) is 0 Å². The van der Waals surface area contributed by atoms with Crippen molar-refractivity contribution in [3.8, 4) is 0 Å². The van der Waals surface area contributed by atoms with Crippen LogP contribution < -0.4 is 4.90 Å². The molecule has 0 aliphatic rings. The summed E-state index contributed by atoms with van der Waals surface area (Å²) >= 11 is 18.5. The Morgan fingerprint density at radius 1 is 0.955 bits per heavy atom. The van der Waals surface area contributed by atoms with Gasteiger partial charge in [0.2, 0.25) is 0 Å². The van der Waals surface area contributed by atoms with Crippen LogP contribution in [-0.4, -0.2) is 25.3 Å². The number of nitrogens with zero attached hydrogens (tertiary/aromatic N) is 1. The molecule has 0 spiro atoms. The maximum absolute atomic E-state index is 12.4. The first-order valence-electron chi connectivity index (χ1n) is 6.75. The highest BCUT2D eigenvalue weighted by molar-refractivity contribution is 6.39. The number of Topliss-reactive ketones (excluding diaryl/α,β-unsaturated/α-hetero) is 1. The summed E-state index contributed by atoms with van der Waals surface area (Å²) < 4.78 is 0. The Morgan fingerprint density at radius 3 is 2.00 bits per heavy atom. The van der Waals surface area contributed by atoms with Gasteiger partial charge in [0.25, 0.3) is 0 Å². The van der Waals surface area contributed by atoms with Gasteiger partial charge in [-0.05, 0) is 42.0 Å². The van der Waals surface area contributed by atoms with E-state index in [-0.39, 0.29) is 5.78 Å². The van der Waals surface area contributed by atoms with Crippen molar-refractivity contribution in [3.63, 3.8) is 0 Å². The highest BCUT2D eigenvalue weighted by atomic mass is 35.5. The number of hydrogen-bond acceptors (Lipinski definition) is 2. The number of ketones is 1. The third-order valence-electron chi connectivity index (χ3n) is 3.36. The van der Waals surface area contributed by atoms with E-state index < -0.39 is 10.8 Å². The van der Waals surface area contributed by atoms with Gasteiger partial charge in [-0.15, -0.1) is 23.2 Å². The van der Waals surface area contributed by atoms with E-state index in [1.54, 1.807) is 24.3 Å². The lowest BCUT2D eigenvalue weighted by Gasteiger charge is -2.17. The van der Waals surface area contributed by atoms with Gasteiger partial charge in [-0.1, -0.05) is 23.7 Å². The molecule has 5 heteroatoms. The summed E-state index contributed by atoms with van der Waals surface area (Å²) in [6.45, 7) is 0. The molecule has 2 atom stereocenters. The summed E-state index contributed by atoms with van der Waals surface area (Å²) in [6, 6.07) is 14.3. The van der Waals surface area contributed by atoms with Crippen molar-refractivity contribution in [1.29, 1.82) is 0 Å². The second kappa shape index (κ2) is 7.36. The Morgan fingerprint density at radius 2 is 1.50 bits per heavy atom. The molecule has 0 saturated carbocycles. The molecule has 0 saturated heterocycles. The Bertz CT molecular complexity index is 638. The van der Waals surface area contributed by atoms with Gasteiger partial charge in [-0.25, -0.2) is 0 Å². The van der Waals surface area contributed by atoms with Crippen LogP contribution >= 0.6 is 34.8 Å². The molecule has 2 aromatic rings. The van der Waals surface area contributed by atoms with Gasteiger partial charge in [0.15, 0.2) is 5.78 Å². The van der Waals surface area contributed by atoms with E-state index in [0.717, 1.165) is 11.3 Å². The molecule has 0 aliphatic heterocycles. The number of alkyl halides is 2.